The number of ether oxygens (including phenoxy) is 1. The predicted molar refractivity (Wildman–Crippen MR) is 81.7 cm³/mol. The summed E-state index contributed by atoms with van der Waals surface area (Å²) in [4.78, 5) is 0.187. The van der Waals surface area contributed by atoms with Crippen molar-refractivity contribution in [2.75, 3.05) is 13.2 Å². The molecule has 1 aromatic heterocycles. The Hall–Kier alpha value is -0.890. The summed E-state index contributed by atoms with van der Waals surface area (Å²) in [6, 6.07) is 1.87. The lowest BCUT2D eigenvalue weighted by atomic mass is 10.3. The van der Waals surface area contributed by atoms with Crippen molar-refractivity contribution in [3.63, 3.8) is 0 Å². The van der Waals surface area contributed by atoms with Crippen LogP contribution in [0.3, 0.4) is 0 Å². The minimum absolute atomic E-state index is 0.168. The van der Waals surface area contributed by atoms with E-state index in [-0.39, 0.29) is 17.5 Å². The van der Waals surface area contributed by atoms with Crippen LogP contribution in [0.2, 0.25) is 0 Å². The minimum atomic E-state index is -3.57. The van der Waals surface area contributed by atoms with Crippen LogP contribution in [0.5, 0.6) is 0 Å². The normalized spacial score (nSPS) is 13.8. The van der Waals surface area contributed by atoms with Gasteiger partial charge in [0.05, 0.1) is 12.6 Å². The average Bonchev–Trinajstić information content (AvgIpc) is 2.77. The molecule has 0 aromatic carbocycles. The van der Waals surface area contributed by atoms with E-state index >= 15 is 0 Å². The number of sulfonamides is 1. The highest BCUT2D eigenvalue weighted by molar-refractivity contribution is 7.89. The lowest BCUT2D eigenvalue weighted by Gasteiger charge is -2.12. The molecule has 7 heteroatoms. The van der Waals surface area contributed by atoms with E-state index in [0.29, 0.717) is 30.7 Å². The Morgan fingerprint density at radius 2 is 2.00 bits per heavy atom. The summed E-state index contributed by atoms with van der Waals surface area (Å²) in [6.45, 7) is 10.7. The SMILES string of the molecule is CCOC(C)CNS(=O)(=O)c1cc(CNC(C)C)oc1C. The van der Waals surface area contributed by atoms with Crippen LogP contribution in [0, 0.1) is 6.92 Å². The van der Waals surface area contributed by atoms with Crippen LogP contribution in [0.15, 0.2) is 15.4 Å². The van der Waals surface area contributed by atoms with Gasteiger partial charge in [-0.25, -0.2) is 13.1 Å². The van der Waals surface area contributed by atoms with Gasteiger partial charge in [-0.15, -0.1) is 0 Å². The maximum atomic E-state index is 12.3. The van der Waals surface area contributed by atoms with Gasteiger partial charge in [-0.2, -0.15) is 0 Å². The van der Waals surface area contributed by atoms with E-state index < -0.39 is 10.0 Å². The summed E-state index contributed by atoms with van der Waals surface area (Å²) in [5.41, 5.74) is 0. The van der Waals surface area contributed by atoms with E-state index in [1.165, 1.54) is 0 Å². The number of hydrogen-bond donors (Lipinski definition) is 2. The van der Waals surface area contributed by atoms with Crippen molar-refractivity contribution in [1.82, 2.24) is 10.0 Å². The van der Waals surface area contributed by atoms with E-state index in [4.69, 9.17) is 9.15 Å². The largest absolute Gasteiger partial charge is 0.464 e. The van der Waals surface area contributed by atoms with Gasteiger partial charge in [-0.05, 0) is 20.8 Å². The van der Waals surface area contributed by atoms with Crippen molar-refractivity contribution in [3.8, 4) is 0 Å². The molecule has 0 saturated carbocycles. The first kappa shape index (κ1) is 18.2. The standard InChI is InChI=1S/C14H26N2O4S/c1-6-19-11(4)8-16-21(17,18)14-7-13(20-12(14)5)9-15-10(2)3/h7,10-11,15-16H,6,8-9H2,1-5H3. The van der Waals surface area contributed by atoms with E-state index in [1.54, 1.807) is 13.0 Å². The first-order valence-corrected chi connectivity index (χ1v) is 8.68. The quantitative estimate of drug-likeness (QED) is 0.725. The Balaban J connectivity index is 2.74. The molecule has 0 radical (unpaired) electrons. The number of aryl methyl sites for hydroxylation is 1. The van der Waals surface area contributed by atoms with Gasteiger partial charge in [0, 0.05) is 25.3 Å². The van der Waals surface area contributed by atoms with Crippen LogP contribution in [0.25, 0.3) is 0 Å². The van der Waals surface area contributed by atoms with Crippen LogP contribution in [-0.2, 0) is 21.3 Å². The third kappa shape index (κ3) is 5.78. The fraction of sp³-hybridized carbons (Fsp3) is 0.714. The molecule has 2 N–H and O–H groups in total. The Kier molecular flexibility index (Phi) is 6.86. The summed E-state index contributed by atoms with van der Waals surface area (Å²) in [5, 5.41) is 3.19. The molecule has 0 saturated heterocycles. The van der Waals surface area contributed by atoms with Gasteiger partial charge < -0.3 is 14.5 Å². The molecule has 122 valence electrons. The van der Waals surface area contributed by atoms with Crippen molar-refractivity contribution < 1.29 is 17.6 Å². The molecule has 0 spiro atoms. The summed E-state index contributed by atoms with van der Waals surface area (Å²) in [7, 11) is -3.57. The molecule has 1 atom stereocenters. The molecule has 0 amide bonds. The van der Waals surface area contributed by atoms with Gasteiger partial charge in [0.25, 0.3) is 0 Å². The molecule has 21 heavy (non-hydrogen) atoms. The zero-order valence-corrected chi connectivity index (χ0v) is 14.2. The second-order valence-corrected chi connectivity index (χ2v) is 7.02. The Morgan fingerprint density at radius 1 is 1.33 bits per heavy atom. The minimum Gasteiger partial charge on any atom is -0.464 e. The maximum Gasteiger partial charge on any atom is 0.244 e. The van der Waals surface area contributed by atoms with Gasteiger partial charge in [0.2, 0.25) is 10.0 Å². The van der Waals surface area contributed by atoms with Crippen molar-refractivity contribution >= 4 is 10.0 Å². The Bertz CT molecular complexity index is 537. The average molecular weight is 318 g/mol. The predicted octanol–water partition coefficient (Wildman–Crippen LogP) is 1.79. The van der Waals surface area contributed by atoms with E-state index in [2.05, 4.69) is 10.0 Å². The van der Waals surface area contributed by atoms with Crippen molar-refractivity contribution in [2.45, 2.75) is 58.2 Å². The van der Waals surface area contributed by atoms with Gasteiger partial charge >= 0.3 is 0 Å². The third-order valence-corrected chi connectivity index (χ3v) is 4.44. The van der Waals surface area contributed by atoms with E-state index in [0.717, 1.165) is 0 Å². The van der Waals surface area contributed by atoms with Crippen molar-refractivity contribution in [2.24, 2.45) is 0 Å². The first-order valence-electron chi connectivity index (χ1n) is 7.20. The molecule has 1 unspecified atom stereocenters. The lowest BCUT2D eigenvalue weighted by Crippen LogP contribution is -2.32. The third-order valence-electron chi connectivity index (χ3n) is 2.91. The molecular weight excluding hydrogens is 292 g/mol. The summed E-state index contributed by atoms with van der Waals surface area (Å²) >= 11 is 0. The Labute approximate surface area is 127 Å². The monoisotopic (exact) mass is 318 g/mol. The van der Waals surface area contributed by atoms with Crippen molar-refractivity contribution in [3.05, 3.63) is 17.6 Å². The van der Waals surface area contributed by atoms with Gasteiger partial charge in [0.1, 0.15) is 16.4 Å². The Morgan fingerprint density at radius 3 is 2.57 bits per heavy atom. The molecular formula is C14H26N2O4S. The fourth-order valence-corrected chi connectivity index (χ4v) is 3.15. The summed E-state index contributed by atoms with van der Waals surface area (Å²) in [5.74, 6) is 1.01. The van der Waals surface area contributed by atoms with Crippen LogP contribution < -0.4 is 10.0 Å². The molecule has 0 bridgehead atoms. The van der Waals surface area contributed by atoms with Crippen LogP contribution in [0.4, 0.5) is 0 Å². The number of rotatable bonds is 9. The van der Waals surface area contributed by atoms with Gasteiger partial charge in [-0.1, -0.05) is 13.8 Å². The number of hydrogen-bond acceptors (Lipinski definition) is 5. The second kappa shape index (κ2) is 7.93. The summed E-state index contributed by atoms with van der Waals surface area (Å²) < 4.78 is 37.9. The smallest absolute Gasteiger partial charge is 0.244 e. The lowest BCUT2D eigenvalue weighted by molar-refractivity contribution is 0.0799. The highest BCUT2D eigenvalue weighted by Gasteiger charge is 2.22. The summed E-state index contributed by atoms with van der Waals surface area (Å²) in [6.07, 6.45) is -0.168. The van der Waals surface area contributed by atoms with E-state index in [1.807, 2.05) is 27.7 Å². The number of furan rings is 1. The molecule has 1 aromatic rings. The molecule has 0 aliphatic rings. The highest BCUT2D eigenvalue weighted by Crippen LogP contribution is 2.20. The molecule has 0 fully saturated rings. The van der Waals surface area contributed by atoms with Gasteiger partial charge in [-0.3, -0.25) is 0 Å². The first-order chi connectivity index (χ1) is 9.76. The molecule has 0 aliphatic heterocycles. The number of nitrogens with one attached hydrogen (secondary N) is 2. The van der Waals surface area contributed by atoms with Crippen LogP contribution in [-0.4, -0.2) is 33.7 Å². The maximum absolute atomic E-state index is 12.3. The topological polar surface area (TPSA) is 80.6 Å². The fourth-order valence-electron chi connectivity index (χ4n) is 1.83. The van der Waals surface area contributed by atoms with E-state index in [9.17, 15) is 8.42 Å². The molecule has 1 rings (SSSR count). The van der Waals surface area contributed by atoms with Crippen LogP contribution >= 0.6 is 0 Å². The molecule has 6 nitrogen and oxygen atoms in total. The zero-order valence-electron chi connectivity index (χ0n) is 13.4. The van der Waals surface area contributed by atoms with Crippen molar-refractivity contribution in [1.29, 1.82) is 0 Å². The second-order valence-electron chi connectivity index (χ2n) is 5.29. The molecule has 0 aliphatic carbocycles. The zero-order chi connectivity index (χ0) is 16.0. The van der Waals surface area contributed by atoms with Crippen LogP contribution in [0.1, 0.15) is 39.2 Å². The molecule has 1 heterocycles. The van der Waals surface area contributed by atoms with Gasteiger partial charge in [0.15, 0.2) is 0 Å². The highest BCUT2D eigenvalue weighted by atomic mass is 32.2.